The van der Waals surface area contributed by atoms with E-state index in [0.29, 0.717) is 21.9 Å². The van der Waals surface area contributed by atoms with Crippen molar-refractivity contribution in [3.05, 3.63) is 120 Å². The van der Waals surface area contributed by atoms with E-state index in [1.54, 1.807) is 49.1 Å². The lowest BCUT2D eigenvalue weighted by Gasteiger charge is -2.35. The number of nitrogens with one attached hydrogen (secondary N) is 1. The van der Waals surface area contributed by atoms with Crippen molar-refractivity contribution in [2.45, 2.75) is 83.1 Å². The highest BCUT2D eigenvalue weighted by Crippen LogP contribution is 2.31. The molecule has 0 radical (unpaired) electrons. The predicted molar refractivity (Wildman–Crippen MR) is 203 cm³/mol. The Bertz CT molecular complexity index is 2160. The summed E-state index contributed by atoms with van der Waals surface area (Å²) in [4.78, 5) is 20.9. The summed E-state index contributed by atoms with van der Waals surface area (Å²) < 4.78 is 46.5. The summed E-state index contributed by atoms with van der Waals surface area (Å²) in [5.41, 5.74) is 9.25. The SMILES string of the molecule is C.C.CC1Cc2ncnc(-c3ccc(S(C)(=O)=O)cc3)c2CN1.CC1Cc2ncnc(-c3ccc(S(C)(=O)=O)cc3)c2CN1Cc1ccccc1. The van der Waals surface area contributed by atoms with Crippen LogP contribution in [0.3, 0.4) is 0 Å². The number of fused-ring (bicyclic) bond motifs is 2. The molecule has 0 spiro atoms. The molecule has 2 aromatic heterocycles. The van der Waals surface area contributed by atoms with Crippen LogP contribution in [0.4, 0.5) is 0 Å². The summed E-state index contributed by atoms with van der Waals surface area (Å²) in [6.07, 6.45) is 7.37. The molecule has 0 bridgehead atoms. The zero-order valence-electron chi connectivity index (χ0n) is 28.0. The number of rotatable bonds is 6. The van der Waals surface area contributed by atoms with Gasteiger partial charge in [-0.1, -0.05) is 69.5 Å². The second-order valence-corrected chi connectivity index (χ2v) is 16.8. The summed E-state index contributed by atoms with van der Waals surface area (Å²) in [6.45, 7) is 6.75. The average Bonchev–Trinajstić information content (AvgIpc) is 3.08. The van der Waals surface area contributed by atoms with E-state index < -0.39 is 19.7 Å². The molecule has 0 fully saturated rings. The molecule has 51 heavy (non-hydrogen) atoms. The van der Waals surface area contributed by atoms with Crippen molar-refractivity contribution in [1.29, 1.82) is 0 Å². The van der Waals surface area contributed by atoms with Gasteiger partial charge in [-0.2, -0.15) is 0 Å². The summed E-state index contributed by atoms with van der Waals surface area (Å²) in [7, 11) is -6.38. The first-order chi connectivity index (χ1) is 23.4. The van der Waals surface area contributed by atoms with Crippen molar-refractivity contribution in [3.63, 3.8) is 0 Å². The smallest absolute Gasteiger partial charge is 0.175 e. The van der Waals surface area contributed by atoms with Crippen molar-refractivity contribution in [3.8, 4) is 22.5 Å². The molecule has 4 heterocycles. The first kappa shape index (κ1) is 39.4. The van der Waals surface area contributed by atoms with Crippen LogP contribution in [0.2, 0.25) is 0 Å². The number of aromatic nitrogens is 4. The van der Waals surface area contributed by atoms with E-state index in [1.165, 1.54) is 18.1 Å². The Balaban J connectivity index is 0.000000228. The van der Waals surface area contributed by atoms with E-state index in [-0.39, 0.29) is 14.9 Å². The van der Waals surface area contributed by atoms with Gasteiger partial charge in [0.05, 0.1) is 32.6 Å². The molecule has 0 saturated heterocycles. The molecular weight excluding hydrogens is 681 g/mol. The third-order valence-corrected chi connectivity index (χ3v) is 11.3. The Labute approximate surface area is 303 Å². The number of nitrogens with zero attached hydrogens (tertiary/aromatic N) is 5. The topological polar surface area (TPSA) is 135 Å². The van der Waals surface area contributed by atoms with Crippen LogP contribution in [-0.2, 0) is 52.2 Å². The van der Waals surface area contributed by atoms with Gasteiger partial charge in [0.1, 0.15) is 12.7 Å². The Kier molecular flexibility index (Phi) is 12.6. The van der Waals surface area contributed by atoms with Crippen LogP contribution in [-0.4, -0.2) is 66.3 Å². The van der Waals surface area contributed by atoms with E-state index in [2.05, 4.69) is 68.3 Å². The van der Waals surface area contributed by atoms with Gasteiger partial charge in [0.2, 0.25) is 0 Å². The third kappa shape index (κ3) is 9.31. The van der Waals surface area contributed by atoms with Gasteiger partial charge in [0, 0.05) is 79.3 Å². The van der Waals surface area contributed by atoms with Gasteiger partial charge in [-0.25, -0.2) is 36.8 Å². The minimum absolute atomic E-state index is 0. The van der Waals surface area contributed by atoms with Gasteiger partial charge < -0.3 is 5.32 Å². The molecule has 12 heteroatoms. The molecule has 10 nitrogen and oxygen atoms in total. The molecule has 7 rings (SSSR count). The van der Waals surface area contributed by atoms with E-state index in [9.17, 15) is 16.8 Å². The van der Waals surface area contributed by atoms with Crippen molar-refractivity contribution in [1.82, 2.24) is 30.2 Å². The molecule has 2 atom stereocenters. The zero-order chi connectivity index (χ0) is 34.8. The van der Waals surface area contributed by atoms with Gasteiger partial charge in [-0.15, -0.1) is 0 Å². The lowest BCUT2D eigenvalue weighted by atomic mass is 9.95. The second-order valence-electron chi connectivity index (χ2n) is 12.8. The molecule has 0 saturated carbocycles. The van der Waals surface area contributed by atoms with Crippen LogP contribution in [0.5, 0.6) is 0 Å². The monoisotopic (exact) mass is 728 g/mol. The predicted octanol–water partition coefficient (Wildman–Crippen LogP) is 6.35. The number of hydrogen-bond acceptors (Lipinski definition) is 10. The molecule has 270 valence electrons. The minimum Gasteiger partial charge on any atom is -0.310 e. The van der Waals surface area contributed by atoms with Crippen molar-refractivity contribution in [2.24, 2.45) is 0 Å². The molecular formula is C39H48N6O4S2. The first-order valence-electron chi connectivity index (χ1n) is 16.1. The minimum atomic E-state index is -3.21. The van der Waals surface area contributed by atoms with Crippen LogP contribution in [0.15, 0.2) is 101 Å². The fraction of sp³-hybridized carbons (Fsp3) is 0.333. The largest absolute Gasteiger partial charge is 0.310 e. The molecule has 0 amide bonds. The van der Waals surface area contributed by atoms with Gasteiger partial charge in [0.25, 0.3) is 0 Å². The van der Waals surface area contributed by atoms with Gasteiger partial charge >= 0.3 is 0 Å². The molecule has 2 aliphatic rings. The fourth-order valence-electron chi connectivity index (χ4n) is 6.25. The highest BCUT2D eigenvalue weighted by atomic mass is 32.2. The van der Waals surface area contributed by atoms with Gasteiger partial charge in [-0.05, 0) is 43.7 Å². The summed E-state index contributed by atoms with van der Waals surface area (Å²) in [5.74, 6) is 0. The van der Waals surface area contributed by atoms with Crippen LogP contribution in [0.25, 0.3) is 22.5 Å². The maximum atomic E-state index is 11.7. The lowest BCUT2D eigenvalue weighted by molar-refractivity contribution is 0.173. The second kappa shape index (κ2) is 16.3. The van der Waals surface area contributed by atoms with E-state index in [1.807, 2.05) is 18.2 Å². The molecule has 1 N–H and O–H groups in total. The highest BCUT2D eigenvalue weighted by molar-refractivity contribution is 7.91. The van der Waals surface area contributed by atoms with Crippen molar-refractivity contribution in [2.75, 3.05) is 12.5 Å². The molecule has 5 aromatic rings. The summed E-state index contributed by atoms with van der Waals surface area (Å²) in [5, 5.41) is 3.41. The number of hydrogen-bond donors (Lipinski definition) is 1. The normalized spacial score (nSPS) is 17.0. The maximum Gasteiger partial charge on any atom is 0.175 e. The first-order valence-corrected chi connectivity index (χ1v) is 19.9. The number of benzene rings is 3. The quantitative estimate of drug-likeness (QED) is 0.211. The van der Waals surface area contributed by atoms with Crippen LogP contribution in [0.1, 0.15) is 56.8 Å². The molecule has 2 aliphatic heterocycles. The Hall–Kier alpha value is -4.36. The van der Waals surface area contributed by atoms with Crippen molar-refractivity contribution >= 4 is 19.7 Å². The standard InChI is InChI=1S/C22H23N3O2S.C15H17N3O2S.2CH4/c1-16-12-21-20(14-25(16)13-17-6-4-3-5-7-17)22(24-15-23-21)18-8-10-19(11-9-18)28(2,26)27;1-10-7-14-13(8-16-10)15(18-9-17-14)11-3-5-12(6-4-11)21(2,19)20;;/h3-11,15-16H,12-14H2,1-2H3;3-6,9-10,16H,7-8H2,1-2H3;2*1H4. The van der Waals surface area contributed by atoms with E-state index >= 15 is 0 Å². The maximum absolute atomic E-state index is 11.7. The number of sulfone groups is 2. The summed E-state index contributed by atoms with van der Waals surface area (Å²) in [6, 6.07) is 25.1. The average molecular weight is 729 g/mol. The van der Waals surface area contributed by atoms with Crippen LogP contribution < -0.4 is 5.32 Å². The Morgan fingerprint density at radius 2 is 1.16 bits per heavy atom. The van der Waals surface area contributed by atoms with Crippen molar-refractivity contribution < 1.29 is 16.8 Å². The lowest BCUT2D eigenvalue weighted by Crippen LogP contribution is -2.38. The third-order valence-electron chi connectivity index (χ3n) is 9.01. The van der Waals surface area contributed by atoms with Crippen LogP contribution in [0, 0.1) is 0 Å². The Morgan fingerprint density at radius 3 is 1.67 bits per heavy atom. The van der Waals surface area contributed by atoms with E-state index in [0.717, 1.165) is 77.5 Å². The summed E-state index contributed by atoms with van der Waals surface area (Å²) >= 11 is 0. The van der Waals surface area contributed by atoms with E-state index in [4.69, 9.17) is 0 Å². The molecule has 0 aliphatic carbocycles. The van der Waals surface area contributed by atoms with Gasteiger partial charge in [-0.3, -0.25) is 4.90 Å². The molecule has 3 aromatic carbocycles. The fourth-order valence-corrected chi connectivity index (χ4v) is 7.52. The van der Waals surface area contributed by atoms with Crippen LogP contribution >= 0.6 is 0 Å². The highest BCUT2D eigenvalue weighted by Gasteiger charge is 2.27. The zero-order valence-corrected chi connectivity index (χ0v) is 29.7. The molecule has 2 unspecified atom stereocenters. The van der Waals surface area contributed by atoms with Gasteiger partial charge in [0.15, 0.2) is 19.7 Å². The Morgan fingerprint density at radius 1 is 0.667 bits per heavy atom.